The molecule has 0 spiro atoms. The van der Waals surface area contributed by atoms with Crippen molar-refractivity contribution < 1.29 is 8.42 Å². The fourth-order valence-corrected chi connectivity index (χ4v) is 3.98. The van der Waals surface area contributed by atoms with Crippen LogP contribution >= 0.6 is 12.2 Å². The normalized spacial score (nSPS) is 13.4. The molecule has 2 N–H and O–H groups in total. The molecule has 0 saturated heterocycles. The molecule has 0 aromatic heterocycles. The molecule has 0 aliphatic carbocycles. The highest BCUT2D eigenvalue weighted by Crippen LogP contribution is 2.21. The van der Waals surface area contributed by atoms with Crippen LogP contribution in [0.25, 0.3) is 0 Å². The van der Waals surface area contributed by atoms with Gasteiger partial charge in [-0.2, -0.15) is 4.31 Å². The first-order chi connectivity index (χ1) is 9.73. The third-order valence-electron chi connectivity index (χ3n) is 3.67. The number of nitrogens with two attached hydrogens (primary N) is 1. The van der Waals surface area contributed by atoms with Crippen molar-refractivity contribution in [2.75, 3.05) is 13.1 Å². The molecule has 0 heterocycles. The van der Waals surface area contributed by atoms with E-state index in [1.54, 1.807) is 18.2 Å². The van der Waals surface area contributed by atoms with Crippen LogP contribution in [-0.4, -0.2) is 30.8 Å². The van der Waals surface area contributed by atoms with Crippen LogP contribution in [0.2, 0.25) is 0 Å². The lowest BCUT2D eigenvalue weighted by Gasteiger charge is -2.23. The van der Waals surface area contributed by atoms with E-state index >= 15 is 0 Å². The quantitative estimate of drug-likeness (QED) is 0.782. The van der Waals surface area contributed by atoms with Crippen molar-refractivity contribution in [3.63, 3.8) is 0 Å². The first-order valence-electron chi connectivity index (χ1n) is 7.14. The van der Waals surface area contributed by atoms with Crippen LogP contribution in [0.1, 0.15) is 38.3 Å². The maximum absolute atomic E-state index is 12.7. The molecule has 1 unspecified atom stereocenters. The number of hydrogen-bond donors (Lipinski definition) is 1. The summed E-state index contributed by atoms with van der Waals surface area (Å²) in [4.78, 5) is 0.577. The zero-order chi connectivity index (χ0) is 16.2. The van der Waals surface area contributed by atoms with E-state index in [0.29, 0.717) is 29.5 Å². The van der Waals surface area contributed by atoms with Crippen LogP contribution in [0.4, 0.5) is 0 Å². The minimum Gasteiger partial charge on any atom is -0.389 e. The summed E-state index contributed by atoms with van der Waals surface area (Å²) >= 11 is 4.95. The topological polar surface area (TPSA) is 63.4 Å². The van der Waals surface area contributed by atoms with Gasteiger partial charge in [0.2, 0.25) is 10.0 Å². The average Bonchev–Trinajstić information content (AvgIpc) is 2.43. The molecule has 0 amide bonds. The highest BCUT2D eigenvalue weighted by Gasteiger charge is 2.24. The molecule has 0 radical (unpaired) electrons. The largest absolute Gasteiger partial charge is 0.389 e. The number of aryl methyl sites for hydroxylation is 1. The summed E-state index contributed by atoms with van der Waals surface area (Å²) in [5, 5.41) is 0. The second kappa shape index (κ2) is 7.33. The van der Waals surface area contributed by atoms with Crippen LogP contribution in [0, 0.1) is 12.8 Å². The maximum Gasteiger partial charge on any atom is 0.243 e. The van der Waals surface area contributed by atoms with Gasteiger partial charge in [-0.05, 0) is 30.5 Å². The van der Waals surface area contributed by atoms with E-state index in [1.165, 1.54) is 4.31 Å². The maximum atomic E-state index is 12.7. The SMILES string of the molecule is CCC(C)CN(CC)S(=O)(=O)c1ccc(C(N)=S)c(C)c1. The first-order valence-corrected chi connectivity index (χ1v) is 8.99. The van der Waals surface area contributed by atoms with Crippen LogP contribution in [0.5, 0.6) is 0 Å². The Hall–Kier alpha value is -0.980. The van der Waals surface area contributed by atoms with E-state index in [-0.39, 0.29) is 4.99 Å². The lowest BCUT2D eigenvalue weighted by molar-refractivity contribution is 0.361. The Labute approximate surface area is 133 Å². The number of rotatable bonds is 7. The molecule has 6 heteroatoms. The summed E-state index contributed by atoms with van der Waals surface area (Å²) in [7, 11) is -3.47. The standard InChI is InChI=1S/C15H24N2O2S2/c1-5-11(3)10-17(6-2)21(18,19)13-7-8-14(15(16)20)12(4)9-13/h7-9,11H,5-6,10H2,1-4H3,(H2,16,20). The van der Waals surface area contributed by atoms with Gasteiger partial charge in [-0.25, -0.2) is 8.42 Å². The molecule has 0 aliphatic heterocycles. The Balaban J connectivity index is 3.17. The Morgan fingerprint density at radius 3 is 2.43 bits per heavy atom. The van der Waals surface area contributed by atoms with Crippen molar-refractivity contribution in [1.82, 2.24) is 4.31 Å². The van der Waals surface area contributed by atoms with E-state index < -0.39 is 10.0 Å². The second-order valence-electron chi connectivity index (χ2n) is 5.31. The number of benzene rings is 1. The van der Waals surface area contributed by atoms with Crippen molar-refractivity contribution in [3.05, 3.63) is 29.3 Å². The van der Waals surface area contributed by atoms with Gasteiger partial charge in [0.15, 0.2) is 0 Å². The summed E-state index contributed by atoms with van der Waals surface area (Å²) in [6.07, 6.45) is 0.950. The fraction of sp³-hybridized carbons (Fsp3) is 0.533. The van der Waals surface area contributed by atoms with Crippen molar-refractivity contribution in [2.24, 2.45) is 11.7 Å². The minimum absolute atomic E-state index is 0.281. The third-order valence-corrected chi connectivity index (χ3v) is 5.82. The minimum atomic E-state index is -3.47. The molecule has 21 heavy (non-hydrogen) atoms. The number of nitrogens with zero attached hydrogens (tertiary/aromatic N) is 1. The van der Waals surface area contributed by atoms with E-state index in [4.69, 9.17) is 18.0 Å². The van der Waals surface area contributed by atoms with E-state index in [2.05, 4.69) is 13.8 Å². The van der Waals surface area contributed by atoms with E-state index in [9.17, 15) is 8.42 Å². The Morgan fingerprint density at radius 2 is 2.00 bits per heavy atom. The molecule has 0 saturated carbocycles. The zero-order valence-corrected chi connectivity index (χ0v) is 14.7. The van der Waals surface area contributed by atoms with Gasteiger partial charge in [-0.1, -0.05) is 45.5 Å². The summed E-state index contributed by atoms with van der Waals surface area (Å²) in [5.74, 6) is 0.330. The van der Waals surface area contributed by atoms with Crippen LogP contribution < -0.4 is 5.73 Å². The molecule has 0 fully saturated rings. The average molecular weight is 329 g/mol. The molecule has 0 aliphatic rings. The summed E-state index contributed by atoms with van der Waals surface area (Å²) < 4.78 is 26.9. The van der Waals surface area contributed by atoms with Crippen molar-refractivity contribution in [3.8, 4) is 0 Å². The smallest absolute Gasteiger partial charge is 0.243 e. The van der Waals surface area contributed by atoms with Crippen LogP contribution in [-0.2, 0) is 10.0 Å². The predicted molar refractivity (Wildman–Crippen MR) is 91.0 cm³/mol. The molecular weight excluding hydrogens is 304 g/mol. The van der Waals surface area contributed by atoms with Crippen molar-refractivity contribution in [2.45, 2.75) is 39.0 Å². The van der Waals surface area contributed by atoms with Gasteiger partial charge >= 0.3 is 0 Å². The molecule has 1 aromatic rings. The molecule has 1 rings (SSSR count). The third kappa shape index (κ3) is 4.25. The number of thiocarbonyl (C=S) groups is 1. The van der Waals surface area contributed by atoms with Crippen LogP contribution in [0.3, 0.4) is 0 Å². The van der Waals surface area contributed by atoms with Gasteiger partial charge in [0.1, 0.15) is 4.99 Å². The highest BCUT2D eigenvalue weighted by molar-refractivity contribution is 7.89. The molecule has 118 valence electrons. The van der Waals surface area contributed by atoms with Crippen molar-refractivity contribution in [1.29, 1.82) is 0 Å². The Bertz CT molecular complexity index is 612. The van der Waals surface area contributed by atoms with Gasteiger partial charge in [0.25, 0.3) is 0 Å². The first kappa shape index (κ1) is 18.1. The Morgan fingerprint density at radius 1 is 1.38 bits per heavy atom. The highest BCUT2D eigenvalue weighted by atomic mass is 32.2. The number of hydrogen-bond acceptors (Lipinski definition) is 3. The summed E-state index contributed by atoms with van der Waals surface area (Å²) in [5.41, 5.74) is 7.11. The zero-order valence-electron chi connectivity index (χ0n) is 13.1. The van der Waals surface area contributed by atoms with Gasteiger partial charge in [0.05, 0.1) is 4.90 Å². The molecule has 1 atom stereocenters. The summed E-state index contributed by atoms with van der Waals surface area (Å²) in [6, 6.07) is 4.90. The fourth-order valence-electron chi connectivity index (χ4n) is 2.10. The molecule has 4 nitrogen and oxygen atoms in total. The van der Waals surface area contributed by atoms with Crippen LogP contribution in [0.15, 0.2) is 23.1 Å². The lowest BCUT2D eigenvalue weighted by atomic mass is 10.1. The number of sulfonamides is 1. The van der Waals surface area contributed by atoms with Gasteiger partial charge in [0, 0.05) is 18.7 Å². The Kier molecular flexibility index (Phi) is 6.31. The molecule has 0 bridgehead atoms. The van der Waals surface area contributed by atoms with Gasteiger partial charge in [-0.3, -0.25) is 0 Å². The second-order valence-corrected chi connectivity index (χ2v) is 7.69. The van der Waals surface area contributed by atoms with Gasteiger partial charge < -0.3 is 5.73 Å². The lowest BCUT2D eigenvalue weighted by Crippen LogP contribution is -2.34. The molecule has 1 aromatic carbocycles. The summed E-state index contributed by atoms with van der Waals surface area (Å²) in [6.45, 7) is 8.79. The van der Waals surface area contributed by atoms with Gasteiger partial charge in [-0.15, -0.1) is 0 Å². The van der Waals surface area contributed by atoms with E-state index in [1.807, 2.05) is 13.8 Å². The monoisotopic (exact) mass is 328 g/mol. The molecular formula is C15H24N2O2S2. The van der Waals surface area contributed by atoms with E-state index in [0.717, 1.165) is 12.0 Å². The van der Waals surface area contributed by atoms with Crippen molar-refractivity contribution >= 4 is 27.2 Å². The predicted octanol–water partition coefficient (Wildman–Crippen LogP) is 2.69.